The number of benzene rings is 1. The van der Waals surface area contributed by atoms with Crippen LogP contribution in [0.25, 0.3) is 0 Å². The first-order valence-corrected chi connectivity index (χ1v) is 12.8. The van der Waals surface area contributed by atoms with E-state index in [4.69, 9.17) is 5.10 Å². The van der Waals surface area contributed by atoms with Crippen molar-refractivity contribution in [1.82, 2.24) is 0 Å². The number of hydrazone groups is 1. The van der Waals surface area contributed by atoms with E-state index in [1.165, 1.54) is 12.1 Å². The lowest BCUT2D eigenvalue weighted by molar-refractivity contribution is -0.393. The second-order valence-corrected chi connectivity index (χ2v) is 12.4. The highest BCUT2D eigenvalue weighted by molar-refractivity contribution is 5.94. The van der Waals surface area contributed by atoms with E-state index in [-0.39, 0.29) is 39.2 Å². The van der Waals surface area contributed by atoms with E-state index < -0.39 is 21.2 Å². The summed E-state index contributed by atoms with van der Waals surface area (Å²) in [5.74, 6) is -0.0760. The molecule has 194 valence electrons. The van der Waals surface area contributed by atoms with Gasteiger partial charge in [-0.1, -0.05) is 20.3 Å². The average molecular weight is 499 g/mol. The van der Waals surface area contributed by atoms with Crippen LogP contribution in [0, 0.1) is 53.7 Å². The van der Waals surface area contributed by atoms with E-state index in [9.17, 15) is 30.1 Å². The molecule has 0 amide bonds. The third-order valence-corrected chi connectivity index (χ3v) is 10.6. The number of carboxylic acids is 1. The summed E-state index contributed by atoms with van der Waals surface area (Å²) < 4.78 is 0. The number of anilines is 1. The maximum Gasteiger partial charge on any atom is 0.309 e. The van der Waals surface area contributed by atoms with Gasteiger partial charge < -0.3 is 5.11 Å². The summed E-state index contributed by atoms with van der Waals surface area (Å²) in [4.78, 5) is 33.7. The predicted molar refractivity (Wildman–Crippen MR) is 134 cm³/mol. The molecule has 0 unspecified atom stereocenters. The highest BCUT2D eigenvalue weighted by atomic mass is 16.6. The van der Waals surface area contributed by atoms with Gasteiger partial charge in [0.25, 0.3) is 5.69 Å². The summed E-state index contributed by atoms with van der Waals surface area (Å²) in [6.07, 6.45) is 8.41. The molecule has 1 aromatic carbocycles. The molecule has 0 radical (unpaired) electrons. The number of rotatable bonds is 5. The van der Waals surface area contributed by atoms with E-state index in [0.717, 1.165) is 69.6 Å². The van der Waals surface area contributed by atoms with Gasteiger partial charge in [0.2, 0.25) is 0 Å². The van der Waals surface area contributed by atoms with Crippen LogP contribution in [0.1, 0.15) is 78.6 Å². The molecule has 0 aliphatic heterocycles. The second-order valence-electron chi connectivity index (χ2n) is 12.4. The van der Waals surface area contributed by atoms with E-state index in [2.05, 4.69) is 19.3 Å². The molecule has 0 aromatic heterocycles. The number of non-ortho nitro benzene ring substituents is 1. The maximum absolute atomic E-state index is 12.3. The van der Waals surface area contributed by atoms with Crippen LogP contribution in [-0.4, -0.2) is 26.6 Å². The number of carbonyl (C=O) groups is 1. The Bertz CT molecular complexity index is 1180. The zero-order valence-corrected chi connectivity index (χ0v) is 21.1. The fourth-order valence-electron chi connectivity index (χ4n) is 8.96. The molecule has 0 heterocycles. The number of nitro benzene ring substituents is 2. The van der Waals surface area contributed by atoms with Gasteiger partial charge in [0.1, 0.15) is 5.69 Å². The minimum Gasteiger partial charge on any atom is -0.481 e. The smallest absolute Gasteiger partial charge is 0.309 e. The van der Waals surface area contributed by atoms with Crippen molar-refractivity contribution in [3.05, 3.63) is 38.4 Å². The van der Waals surface area contributed by atoms with Gasteiger partial charge in [-0.05, 0) is 87.0 Å². The molecule has 10 heteroatoms. The van der Waals surface area contributed by atoms with Crippen molar-refractivity contribution in [3.63, 3.8) is 0 Å². The van der Waals surface area contributed by atoms with Crippen LogP contribution in [0.2, 0.25) is 0 Å². The summed E-state index contributed by atoms with van der Waals surface area (Å²) in [6, 6.07) is 3.53. The van der Waals surface area contributed by atoms with E-state index >= 15 is 0 Å². The summed E-state index contributed by atoms with van der Waals surface area (Å²) in [5, 5.41) is 37.4. The molecule has 36 heavy (non-hydrogen) atoms. The van der Waals surface area contributed by atoms with Crippen LogP contribution in [0.3, 0.4) is 0 Å². The first-order chi connectivity index (χ1) is 16.8. The lowest BCUT2D eigenvalue weighted by Crippen LogP contribution is -2.58. The minimum absolute atomic E-state index is 0.0228. The molecule has 0 saturated heterocycles. The Kier molecular flexibility index (Phi) is 5.46. The average Bonchev–Trinajstić information content (AvgIpc) is 3.01. The lowest BCUT2D eigenvalue weighted by Gasteiger charge is -2.63. The molecule has 6 atom stereocenters. The van der Waals surface area contributed by atoms with E-state index in [0.29, 0.717) is 5.92 Å². The number of fused-ring (bicyclic) bond motifs is 3. The number of aliphatic carboxylic acids is 1. The monoisotopic (exact) mass is 498 g/mol. The number of nitrogens with zero attached hydrogens (tertiary/aromatic N) is 3. The number of hydrogen-bond acceptors (Lipinski definition) is 7. The van der Waals surface area contributed by atoms with Gasteiger partial charge in [-0.25, -0.2) is 0 Å². The van der Waals surface area contributed by atoms with Crippen LogP contribution >= 0.6 is 0 Å². The van der Waals surface area contributed by atoms with Crippen LogP contribution in [0.15, 0.2) is 23.3 Å². The molecular weight excluding hydrogens is 464 g/mol. The zero-order valence-electron chi connectivity index (χ0n) is 21.1. The molecule has 10 nitrogen and oxygen atoms in total. The zero-order chi connectivity index (χ0) is 26.1. The van der Waals surface area contributed by atoms with Crippen molar-refractivity contribution in [2.45, 2.75) is 78.6 Å². The third kappa shape index (κ3) is 3.43. The number of nitro groups is 2. The summed E-state index contributed by atoms with van der Waals surface area (Å²) >= 11 is 0. The van der Waals surface area contributed by atoms with Gasteiger partial charge in [0.15, 0.2) is 0 Å². The first-order valence-electron chi connectivity index (χ1n) is 12.8. The molecule has 4 aliphatic carbocycles. The standard InChI is InChI=1S/C26H34N4O6/c1-23-11-7-20-24(2)9-4-10-25(3,22(31)32)19(24)8-12-26(20,15-23)14-21(23)28-27-17-6-5-16(29(33)34)13-18(17)30(35)36/h5-6,13,19-20,27H,4,7-12,14-15H2,1-3H3,(H,31,32)/b28-21-/t19-,20-,23-,24+,25+,26-/m0/s1. The van der Waals surface area contributed by atoms with Crippen molar-refractivity contribution < 1.29 is 19.7 Å². The molecule has 4 fully saturated rings. The van der Waals surface area contributed by atoms with Gasteiger partial charge in [-0.3, -0.25) is 30.4 Å². The van der Waals surface area contributed by atoms with Gasteiger partial charge >= 0.3 is 11.7 Å². The molecular formula is C26H34N4O6. The van der Waals surface area contributed by atoms with Crippen LogP contribution in [0.4, 0.5) is 17.1 Å². The third-order valence-electron chi connectivity index (χ3n) is 10.6. The number of hydrogen-bond donors (Lipinski definition) is 2. The summed E-state index contributed by atoms with van der Waals surface area (Å²) in [7, 11) is 0. The van der Waals surface area contributed by atoms with Crippen LogP contribution in [0.5, 0.6) is 0 Å². The van der Waals surface area contributed by atoms with Crippen molar-refractivity contribution in [2.75, 3.05) is 5.43 Å². The van der Waals surface area contributed by atoms with Gasteiger partial charge in [-0.15, -0.1) is 0 Å². The van der Waals surface area contributed by atoms with E-state index in [1.54, 1.807) is 0 Å². The Hall–Kier alpha value is -3.04. The lowest BCUT2D eigenvalue weighted by atomic mass is 9.40. The van der Waals surface area contributed by atoms with Crippen LogP contribution in [-0.2, 0) is 4.79 Å². The summed E-state index contributed by atoms with van der Waals surface area (Å²) in [5.41, 5.74) is 2.54. The van der Waals surface area contributed by atoms with Crippen molar-refractivity contribution in [1.29, 1.82) is 0 Å². The SMILES string of the molecule is C[C@@]12CC[C@@H]3[C@@](CC[C@H]4[C@@]3(C)CCC[C@@]4(C)C(=O)O)(C/C1=N/Nc1ccc([N+](=O)[O-])cc1[N+](=O)[O-])C2. The van der Waals surface area contributed by atoms with Gasteiger partial charge in [-0.2, -0.15) is 5.10 Å². The number of nitrogens with one attached hydrogen (secondary N) is 1. The summed E-state index contributed by atoms with van der Waals surface area (Å²) in [6.45, 7) is 6.50. The van der Waals surface area contributed by atoms with Crippen molar-refractivity contribution in [3.8, 4) is 0 Å². The molecule has 2 bridgehead atoms. The van der Waals surface area contributed by atoms with Crippen LogP contribution < -0.4 is 5.43 Å². The maximum atomic E-state index is 12.3. The molecule has 2 N–H and O–H groups in total. The fraction of sp³-hybridized carbons (Fsp3) is 0.692. The van der Waals surface area contributed by atoms with Crippen molar-refractivity contribution in [2.24, 2.45) is 38.6 Å². The first kappa shape index (κ1) is 24.6. The topological polar surface area (TPSA) is 148 Å². The normalized spacial score (nSPS) is 40.2. The molecule has 5 rings (SSSR count). The Morgan fingerprint density at radius 3 is 2.44 bits per heavy atom. The predicted octanol–water partition coefficient (Wildman–Crippen LogP) is 6.16. The molecule has 1 spiro atoms. The molecule has 1 aromatic rings. The number of carboxylic acid groups (broad SMARTS) is 1. The highest BCUT2D eigenvalue weighted by Crippen LogP contribution is 2.73. The Labute approximate surface area is 209 Å². The fourth-order valence-corrected chi connectivity index (χ4v) is 8.96. The molecule has 4 saturated carbocycles. The van der Waals surface area contributed by atoms with Crippen molar-refractivity contribution >= 4 is 28.7 Å². The Morgan fingerprint density at radius 1 is 1.06 bits per heavy atom. The Morgan fingerprint density at radius 2 is 1.78 bits per heavy atom. The van der Waals surface area contributed by atoms with Gasteiger partial charge in [0.05, 0.1) is 21.3 Å². The quantitative estimate of drug-likeness (QED) is 0.365. The largest absolute Gasteiger partial charge is 0.481 e. The van der Waals surface area contributed by atoms with E-state index in [1.807, 2.05) is 6.92 Å². The second kappa shape index (κ2) is 7.98. The highest BCUT2D eigenvalue weighted by Gasteiger charge is 2.67. The van der Waals surface area contributed by atoms with Gasteiger partial charge in [0, 0.05) is 17.2 Å². The Balaban J connectivity index is 1.45. The molecule has 4 aliphatic rings. The minimum atomic E-state index is -0.679.